The van der Waals surface area contributed by atoms with E-state index in [-0.39, 0.29) is 5.57 Å². The van der Waals surface area contributed by atoms with Crippen molar-refractivity contribution in [3.8, 4) is 6.07 Å². The highest BCUT2D eigenvalue weighted by molar-refractivity contribution is 6.07. The van der Waals surface area contributed by atoms with Gasteiger partial charge in [-0.05, 0) is 36.3 Å². The first-order chi connectivity index (χ1) is 12.3. The second-order valence-corrected chi connectivity index (χ2v) is 5.47. The summed E-state index contributed by atoms with van der Waals surface area (Å²) in [5, 5.41) is 11.4. The van der Waals surface area contributed by atoms with Crippen LogP contribution in [-0.2, 0) is 11.0 Å². The van der Waals surface area contributed by atoms with Crippen LogP contribution in [0.2, 0.25) is 0 Å². The van der Waals surface area contributed by atoms with Crippen molar-refractivity contribution in [2.45, 2.75) is 13.1 Å². The molecule has 26 heavy (non-hydrogen) atoms. The molecular weight excluding hydrogens is 341 g/mol. The molecule has 0 saturated carbocycles. The van der Waals surface area contributed by atoms with Gasteiger partial charge in [0.05, 0.1) is 11.3 Å². The molecule has 0 saturated heterocycles. The van der Waals surface area contributed by atoms with E-state index in [0.29, 0.717) is 5.57 Å². The van der Waals surface area contributed by atoms with Crippen LogP contribution in [0.1, 0.15) is 18.1 Å². The smallest absolute Gasteiger partial charge is 0.321 e. The summed E-state index contributed by atoms with van der Waals surface area (Å²) in [4.78, 5) is 12.2. The molecule has 0 aliphatic rings. The van der Waals surface area contributed by atoms with E-state index in [1.165, 1.54) is 18.2 Å². The fraction of sp³-hybridized carbons (Fsp3) is 0.100. The second kappa shape index (κ2) is 8.17. The Morgan fingerprint density at radius 1 is 1.08 bits per heavy atom. The number of halogens is 3. The van der Waals surface area contributed by atoms with Gasteiger partial charge in [-0.2, -0.15) is 18.4 Å². The van der Waals surface area contributed by atoms with Gasteiger partial charge in [0.2, 0.25) is 0 Å². The first kappa shape index (κ1) is 19.0. The molecule has 1 amide bonds. The summed E-state index contributed by atoms with van der Waals surface area (Å²) in [6, 6.07) is 15.6. The Bertz CT molecular complexity index is 891. The fourth-order valence-corrected chi connectivity index (χ4v) is 2.26. The zero-order chi connectivity index (χ0) is 19.2. The lowest BCUT2D eigenvalue weighted by molar-refractivity contribution is -0.137. The molecule has 0 aromatic heterocycles. The van der Waals surface area contributed by atoms with Crippen LogP contribution in [0.4, 0.5) is 18.9 Å². The molecule has 2 rings (SSSR count). The van der Waals surface area contributed by atoms with Crippen molar-refractivity contribution in [1.29, 1.82) is 5.26 Å². The van der Waals surface area contributed by atoms with Gasteiger partial charge in [-0.3, -0.25) is 4.79 Å². The number of rotatable bonds is 4. The van der Waals surface area contributed by atoms with E-state index in [0.717, 1.165) is 17.7 Å². The maximum absolute atomic E-state index is 13.0. The highest BCUT2D eigenvalue weighted by Crippen LogP contribution is 2.34. The highest BCUT2D eigenvalue weighted by atomic mass is 19.4. The average molecular weight is 356 g/mol. The number of allylic oxidation sites excluding steroid dienone is 2. The Kier molecular flexibility index (Phi) is 5.97. The van der Waals surface area contributed by atoms with Crippen molar-refractivity contribution in [2.24, 2.45) is 0 Å². The Hall–Kier alpha value is -3.33. The third-order valence-electron chi connectivity index (χ3n) is 3.41. The molecule has 3 nitrogen and oxygen atoms in total. The number of alkyl halides is 3. The Morgan fingerprint density at radius 2 is 1.69 bits per heavy atom. The quantitative estimate of drug-likeness (QED) is 0.465. The minimum Gasteiger partial charge on any atom is -0.321 e. The van der Waals surface area contributed by atoms with Gasteiger partial charge in [0.15, 0.2) is 0 Å². The predicted octanol–water partition coefficient (Wildman–Crippen LogP) is 5.20. The number of carbonyl (C=O) groups is 1. The summed E-state index contributed by atoms with van der Waals surface area (Å²) in [7, 11) is 0. The lowest BCUT2D eigenvalue weighted by Gasteiger charge is -2.13. The molecule has 0 unspecified atom stereocenters. The van der Waals surface area contributed by atoms with Crippen molar-refractivity contribution in [3.63, 3.8) is 0 Å². The summed E-state index contributed by atoms with van der Waals surface area (Å²) >= 11 is 0. The van der Waals surface area contributed by atoms with Gasteiger partial charge < -0.3 is 5.32 Å². The predicted molar refractivity (Wildman–Crippen MR) is 93.9 cm³/mol. The summed E-state index contributed by atoms with van der Waals surface area (Å²) in [6.07, 6.45) is -1.52. The third kappa shape index (κ3) is 5.08. The summed E-state index contributed by atoms with van der Waals surface area (Å²) in [5.74, 6) is -0.898. The third-order valence-corrected chi connectivity index (χ3v) is 3.41. The zero-order valence-corrected chi connectivity index (χ0v) is 13.8. The number of hydrogen-bond acceptors (Lipinski definition) is 2. The van der Waals surface area contributed by atoms with Crippen LogP contribution in [0, 0.1) is 11.3 Å². The van der Waals surface area contributed by atoms with E-state index >= 15 is 0 Å². The Morgan fingerprint density at radius 3 is 2.31 bits per heavy atom. The van der Waals surface area contributed by atoms with Crippen LogP contribution in [0.15, 0.2) is 71.8 Å². The van der Waals surface area contributed by atoms with Crippen LogP contribution < -0.4 is 5.32 Å². The number of anilines is 1. The molecule has 0 atom stereocenters. The molecule has 2 aromatic rings. The van der Waals surface area contributed by atoms with Gasteiger partial charge in [0, 0.05) is 0 Å². The molecule has 132 valence electrons. The molecule has 0 bridgehead atoms. The van der Waals surface area contributed by atoms with Crippen LogP contribution in [0.3, 0.4) is 0 Å². The van der Waals surface area contributed by atoms with E-state index in [1.807, 2.05) is 30.3 Å². The van der Waals surface area contributed by atoms with Crippen molar-refractivity contribution >= 4 is 17.7 Å². The first-order valence-electron chi connectivity index (χ1n) is 7.64. The number of carbonyl (C=O) groups excluding carboxylic acids is 1. The van der Waals surface area contributed by atoms with Crippen molar-refractivity contribution in [3.05, 3.63) is 82.9 Å². The maximum atomic E-state index is 13.0. The minimum absolute atomic E-state index is 0.286. The number of nitriles is 1. The molecule has 0 heterocycles. The topological polar surface area (TPSA) is 52.9 Å². The lowest BCUT2D eigenvalue weighted by atomic mass is 10.1. The summed E-state index contributed by atoms with van der Waals surface area (Å²) in [5.41, 5.74) is -0.155. The molecule has 2 aromatic carbocycles. The first-order valence-corrected chi connectivity index (χ1v) is 7.64. The van der Waals surface area contributed by atoms with Gasteiger partial charge in [-0.25, -0.2) is 0 Å². The molecule has 0 radical (unpaired) electrons. The van der Waals surface area contributed by atoms with Crippen molar-refractivity contribution in [2.75, 3.05) is 5.32 Å². The van der Waals surface area contributed by atoms with Crippen LogP contribution in [-0.4, -0.2) is 5.91 Å². The SMILES string of the molecule is CC(=C/c1ccccc1)/C=C(/C#N)C(=O)Nc1ccccc1C(F)(F)F. The molecule has 6 heteroatoms. The number of nitrogens with zero attached hydrogens (tertiary/aromatic N) is 1. The van der Waals surface area contributed by atoms with Gasteiger partial charge in [0.25, 0.3) is 5.91 Å². The Labute approximate surface area is 149 Å². The zero-order valence-electron chi connectivity index (χ0n) is 13.8. The van der Waals surface area contributed by atoms with Crippen LogP contribution >= 0.6 is 0 Å². The molecule has 0 aliphatic carbocycles. The van der Waals surface area contributed by atoms with E-state index in [2.05, 4.69) is 5.32 Å². The van der Waals surface area contributed by atoms with Crippen LogP contribution in [0.5, 0.6) is 0 Å². The van der Waals surface area contributed by atoms with Gasteiger partial charge in [-0.1, -0.05) is 48.5 Å². The molecule has 1 N–H and O–H groups in total. The van der Waals surface area contributed by atoms with Gasteiger partial charge in [-0.15, -0.1) is 0 Å². The average Bonchev–Trinajstić information content (AvgIpc) is 2.60. The maximum Gasteiger partial charge on any atom is 0.418 e. The summed E-state index contributed by atoms with van der Waals surface area (Å²) < 4.78 is 39.0. The van der Waals surface area contributed by atoms with Crippen molar-refractivity contribution < 1.29 is 18.0 Å². The number of benzene rings is 2. The van der Waals surface area contributed by atoms with Crippen LogP contribution in [0.25, 0.3) is 6.08 Å². The van der Waals surface area contributed by atoms with Gasteiger partial charge in [0.1, 0.15) is 11.6 Å². The lowest BCUT2D eigenvalue weighted by Crippen LogP contribution is -2.17. The summed E-state index contributed by atoms with van der Waals surface area (Å²) in [6.45, 7) is 1.70. The number of nitrogens with one attached hydrogen (secondary N) is 1. The normalized spacial score (nSPS) is 12.4. The standard InChI is InChI=1S/C20H15F3N2O/c1-14(11-15-7-3-2-4-8-15)12-16(13-24)19(26)25-18-10-6-5-9-17(18)20(21,22)23/h2-12H,1H3,(H,25,26)/b14-11-,16-12-. The monoisotopic (exact) mass is 356 g/mol. The second-order valence-electron chi connectivity index (χ2n) is 5.47. The van der Waals surface area contributed by atoms with E-state index in [1.54, 1.807) is 19.1 Å². The number of hydrogen-bond donors (Lipinski definition) is 1. The van der Waals surface area contributed by atoms with Crippen molar-refractivity contribution in [1.82, 2.24) is 0 Å². The molecule has 0 fully saturated rings. The van der Waals surface area contributed by atoms with Gasteiger partial charge >= 0.3 is 6.18 Å². The van der Waals surface area contributed by atoms with E-state index in [9.17, 15) is 23.2 Å². The minimum atomic E-state index is -4.61. The largest absolute Gasteiger partial charge is 0.418 e. The fourth-order valence-electron chi connectivity index (χ4n) is 2.26. The molecule has 0 spiro atoms. The Balaban J connectivity index is 2.25. The van der Waals surface area contributed by atoms with E-state index in [4.69, 9.17) is 0 Å². The number of amides is 1. The molecule has 0 aliphatic heterocycles. The number of para-hydroxylation sites is 1. The highest BCUT2D eigenvalue weighted by Gasteiger charge is 2.33. The molecular formula is C20H15F3N2O. The van der Waals surface area contributed by atoms with E-state index < -0.39 is 23.3 Å².